The maximum Gasteiger partial charge on any atom is 0.359 e. The van der Waals surface area contributed by atoms with Crippen LogP contribution in [0.25, 0.3) is 11.4 Å². The predicted molar refractivity (Wildman–Crippen MR) is 72.3 cm³/mol. The van der Waals surface area contributed by atoms with Crippen LogP contribution in [0.3, 0.4) is 0 Å². The summed E-state index contributed by atoms with van der Waals surface area (Å²) in [5.74, 6) is 0.356. The molecule has 0 aliphatic heterocycles. The second kappa shape index (κ2) is 4.70. The van der Waals surface area contributed by atoms with Gasteiger partial charge in [0.2, 0.25) is 0 Å². The van der Waals surface area contributed by atoms with Crippen LogP contribution in [-0.2, 0) is 24.6 Å². The Morgan fingerprint density at radius 2 is 2.25 bits per heavy atom. The third-order valence-electron chi connectivity index (χ3n) is 3.47. The fourth-order valence-electron chi connectivity index (χ4n) is 2.61. The van der Waals surface area contributed by atoms with Gasteiger partial charge in [-0.15, -0.1) is 0 Å². The maximum absolute atomic E-state index is 12.0. The molecule has 6 nitrogen and oxygen atoms in total. The van der Waals surface area contributed by atoms with Crippen molar-refractivity contribution >= 4 is 5.97 Å². The molecule has 0 aromatic carbocycles. The standard InChI is InChI=1S/C14H16N4O2/c1-4-20-14(19)12-10-6-5-9-7-15-8(2)16-11(9)13(10)18(3)17-12/h7H,4-6H2,1-3H3. The summed E-state index contributed by atoms with van der Waals surface area (Å²) >= 11 is 0. The molecule has 6 heteroatoms. The molecule has 0 fully saturated rings. The number of rotatable bonds is 2. The summed E-state index contributed by atoms with van der Waals surface area (Å²) < 4.78 is 6.79. The minimum atomic E-state index is -0.362. The number of fused-ring (bicyclic) bond motifs is 3. The molecule has 104 valence electrons. The van der Waals surface area contributed by atoms with E-state index in [1.165, 1.54) is 0 Å². The van der Waals surface area contributed by atoms with Gasteiger partial charge in [-0.05, 0) is 32.3 Å². The second-order valence-corrected chi connectivity index (χ2v) is 4.81. The zero-order valence-corrected chi connectivity index (χ0v) is 11.8. The predicted octanol–water partition coefficient (Wildman–Crippen LogP) is 1.46. The van der Waals surface area contributed by atoms with E-state index in [1.54, 1.807) is 11.6 Å². The van der Waals surface area contributed by atoms with Gasteiger partial charge in [-0.2, -0.15) is 5.10 Å². The van der Waals surface area contributed by atoms with Gasteiger partial charge in [0, 0.05) is 18.8 Å². The third-order valence-corrected chi connectivity index (χ3v) is 3.47. The van der Waals surface area contributed by atoms with Gasteiger partial charge in [-0.1, -0.05) is 0 Å². The molecule has 1 aliphatic carbocycles. The first-order valence-corrected chi connectivity index (χ1v) is 6.67. The molecule has 0 N–H and O–H groups in total. The number of carbonyl (C=O) groups is 1. The molecule has 0 bridgehead atoms. The molecule has 0 saturated heterocycles. The van der Waals surface area contributed by atoms with E-state index in [-0.39, 0.29) is 5.97 Å². The van der Waals surface area contributed by atoms with E-state index in [9.17, 15) is 4.79 Å². The number of ether oxygens (including phenoxy) is 1. The third kappa shape index (κ3) is 1.88. The van der Waals surface area contributed by atoms with Crippen molar-refractivity contribution < 1.29 is 9.53 Å². The van der Waals surface area contributed by atoms with Crippen molar-refractivity contribution in [2.45, 2.75) is 26.7 Å². The minimum absolute atomic E-state index is 0.349. The molecule has 2 aromatic rings. The number of carbonyl (C=O) groups excluding carboxylic acids is 1. The lowest BCUT2D eigenvalue weighted by Crippen LogP contribution is -2.12. The van der Waals surface area contributed by atoms with Crippen LogP contribution in [0.5, 0.6) is 0 Å². The molecule has 0 saturated carbocycles. The lowest BCUT2D eigenvalue weighted by atomic mass is 9.93. The van der Waals surface area contributed by atoms with Crippen LogP contribution in [0.4, 0.5) is 0 Å². The number of hydrogen-bond acceptors (Lipinski definition) is 5. The summed E-state index contributed by atoms with van der Waals surface area (Å²) in [6.07, 6.45) is 3.44. The summed E-state index contributed by atoms with van der Waals surface area (Å²) in [4.78, 5) is 20.7. The van der Waals surface area contributed by atoms with Crippen LogP contribution in [0.1, 0.15) is 34.4 Å². The average Bonchev–Trinajstić information content (AvgIpc) is 2.77. The summed E-state index contributed by atoms with van der Waals surface area (Å²) in [6, 6.07) is 0. The van der Waals surface area contributed by atoms with E-state index >= 15 is 0 Å². The number of aromatic nitrogens is 4. The summed E-state index contributed by atoms with van der Waals surface area (Å²) in [6.45, 7) is 4.00. The Balaban J connectivity index is 2.16. The lowest BCUT2D eigenvalue weighted by Gasteiger charge is -2.16. The largest absolute Gasteiger partial charge is 0.461 e. The molecule has 2 aromatic heterocycles. The summed E-state index contributed by atoms with van der Waals surface area (Å²) in [7, 11) is 1.83. The molecule has 1 aliphatic rings. The van der Waals surface area contributed by atoms with Crippen molar-refractivity contribution in [3.63, 3.8) is 0 Å². The van der Waals surface area contributed by atoms with Crippen LogP contribution in [-0.4, -0.2) is 32.3 Å². The highest BCUT2D eigenvalue weighted by Crippen LogP contribution is 2.33. The highest BCUT2D eigenvalue weighted by Gasteiger charge is 2.29. The molecule has 0 spiro atoms. The SMILES string of the molecule is CCOC(=O)c1nn(C)c2c1CCc1cnc(C)nc1-2. The molecular formula is C14H16N4O2. The Morgan fingerprint density at radius 1 is 1.45 bits per heavy atom. The van der Waals surface area contributed by atoms with E-state index in [4.69, 9.17) is 4.74 Å². The van der Waals surface area contributed by atoms with Crippen LogP contribution in [0.2, 0.25) is 0 Å². The van der Waals surface area contributed by atoms with Gasteiger partial charge in [0.05, 0.1) is 18.0 Å². The van der Waals surface area contributed by atoms with E-state index in [2.05, 4.69) is 15.1 Å². The van der Waals surface area contributed by atoms with Gasteiger partial charge in [0.1, 0.15) is 5.82 Å². The van der Waals surface area contributed by atoms with Crippen molar-refractivity contribution in [1.82, 2.24) is 19.7 Å². The van der Waals surface area contributed by atoms with Gasteiger partial charge in [0.15, 0.2) is 5.69 Å². The van der Waals surface area contributed by atoms with Gasteiger partial charge in [0.25, 0.3) is 0 Å². The Kier molecular flexibility index (Phi) is 3.00. The fraction of sp³-hybridized carbons (Fsp3) is 0.429. The van der Waals surface area contributed by atoms with Crippen molar-refractivity contribution in [1.29, 1.82) is 0 Å². The Morgan fingerprint density at radius 3 is 3.00 bits per heavy atom. The molecular weight excluding hydrogens is 256 g/mol. The van der Waals surface area contributed by atoms with Gasteiger partial charge >= 0.3 is 5.97 Å². The van der Waals surface area contributed by atoms with E-state index in [1.807, 2.05) is 20.2 Å². The molecule has 3 rings (SSSR count). The Labute approximate surface area is 116 Å². The molecule has 20 heavy (non-hydrogen) atoms. The first kappa shape index (κ1) is 12.8. The zero-order valence-electron chi connectivity index (χ0n) is 11.8. The second-order valence-electron chi connectivity index (χ2n) is 4.81. The minimum Gasteiger partial charge on any atom is -0.461 e. The van der Waals surface area contributed by atoms with E-state index < -0.39 is 0 Å². The molecule has 2 heterocycles. The first-order valence-electron chi connectivity index (χ1n) is 6.67. The Hall–Kier alpha value is -2.24. The van der Waals surface area contributed by atoms with Gasteiger partial charge in [-0.25, -0.2) is 14.8 Å². The zero-order chi connectivity index (χ0) is 14.3. The smallest absolute Gasteiger partial charge is 0.359 e. The van der Waals surface area contributed by atoms with Crippen LogP contribution < -0.4 is 0 Å². The maximum atomic E-state index is 12.0. The highest BCUT2D eigenvalue weighted by molar-refractivity contribution is 5.91. The van der Waals surface area contributed by atoms with Crippen molar-refractivity contribution in [2.24, 2.45) is 7.05 Å². The molecule has 0 radical (unpaired) electrons. The number of nitrogens with zero attached hydrogens (tertiary/aromatic N) is 4. The van der Waals surface area contributed by atoms with Crippen LogP contribution in [0.15, 0.2) is 6.20 Å². The molecule has 0 amide bonds. The van der Waals surface area contributed by atoms with E-state index in [0.717, 1.165) is 41.2 Å². The van der Waals surface area contributed by atoms with Crippen molar-refractivity contribution in [3.8, 4) is 11.4 Å². The highest BCUT2D eigenvalue weighted by atomic mass is 16.5. The topological polar surface area (TPSA) is 69.9 Å². The quantitative estimate of drug-likeness (QED) is 0.774. The lowest BCUT2D eigenvalue weighted by molar-refractivity contribution is 0.0517. The van der Waals surface area contributed by atoms with Gasteiger partial charge in [-0.3, -0.25) is 4.68 Å². The summed E-state index contributed by atoms with van der Waals surface area (Å²) in [5, 5.41) is 4.32. The van der Waals surface area contributed by atoms with Gasteiger partial charge < -0.3 is 4.74 Å². The number of hydrogen-bond donors (Lipinski definition) is 0. The normalized spacial score (nSPS) is 12.8. The monoisotopic (exact) mass is 272 g/mol. The molecule has 0 unspecified atom stereocenters. The number of aryl methyl sites for hydroxylation is 3. The van der Waals surface area contributed by atoms with Crippen LogP contribution in [0, 0.1) is 6.92 Å². The first-order chi connectivity index (χ1) is 9.61. The van der Waals surface area contributed by atoms with Crippen molar-refractivity contribution in [2.75, 3.05) is 6.61 Å². The van der Waals surface area contributed by atoms with Crippen LogP contribution >= 0.6 is 0 Å². The Bertz CT molecular complexity index is 691. The van der Waals surface area contributed by atoms with Crippen molar-refractivity contribution in [3.05, 3.63) is 28.8 Å². The molecule has 0 atom stereocenters. The summed E-state index contributed by atoms with van der Waals surface area (Å²) in [5.41, 5.74) is 4.22. The number of esters is 1. The van der Waals surface area contributed by atoms with E-state index in [0.29, 0.717) is 12.3 Å². The fourth-order valence-corrected chi connectivity index (χ4v) is 2.61. The average molecular weight is 272 g/mol.